The monoisotopic (exact) mass is 760 g/mol. The molecule has 6 atom stereocenters. The van der Waals surface area contributed by atoms with E-state index >= 15 is 0 Å². The Morgan fingerprint density at radius 1 is 1.13 bits per heavy atom. The highest BCUT2D eigenvalue weighted by Gasteiger charge is 2.39. The van der Waals surface area contributed by atoms with Crippen LogP contribution in [0.4, 0.5) is 5.69 Å². The number of carbonyl (C=O) groups is 2. The van der Waals surface area contributed by atoms with E-state index in [4.69, 9.17) is 21.1 Å². The van der Waals surface area contributed by atoms with Gasteiger partial charge >= 0.3 is 0 Å². The van der Waals surface area contributed by atoms with E-state index in [1.54, 1.807) is 40.1 Å². The van der Waals surface area contributed by atoms with Crippen LogP contribution in [-0.2, 0) is 37.5 Å². The second kappa shape index (κ2) is 20.5. The number of methoxy groups -OCH3 is 1. The molecule has 0 spiro atoms. The van der Waals surface area contributed by atoms with Gasteiger partial charge in [-0.1, -0.05) is 63.1 Å². The number of amides is 2. The largest absolute Gasteiger partial charge is 0.491 e. The minimum absolute atomic E-state index is 0.0199. The fourth-order valence-corrected chi connectivity index (χ4v) is 7.81. The Labute approximate surface area is 319 Å². The number of hydrogen-bond donors (Lipinski definition) is 1. The summed E-state index contributed by atoms with van der Waals surface area (Å²) in [6.45, 7) is 10.8. The second-order valence-corrected chi connectivity index (χ2v) is 16.3. The number of aliphatic hydroxyl groups is 1. The zero-order valence-electron chi connectivity index (χ0n) is 32.6. The van der Waals surface area contributed by atoms with Gasteiger partial charge in [0, 0.05) is 65.9 Å². The van der Waals surface area contributed by atoms with Gasteiger partial charge in [-0.3, -0.25) is 13.9 Å². The molecule has 0 aromatic heterocycles. The lowest BCUT2D eigenvalue weighted by atomic mass is 9.70. The van der Waals surface area contributed by atoms with Crippen LogP contribution in [0.3, 0.4) is 0 Å². The molecule has 2 amide bonds. The standard InChI is InChI=1S/C34H45ClN2O4.C4H10N2O2S.C2H6/c1-5-8-23-17-27(35)12-14-28(23)25-21-37-20-24-10-13-29(24)31(40-4)9-6-7-16-36(3)33(38)19-34(2,39)26-11-15-32(41-22-25)30(37)18-26;1-5(2)9(8)6(3)4-7;1-2/h6,9,11-12,14-15,17-18,24-25,29,31,39H,5,7-8,10,13,16,19-22H2,1-4H3;4H,1-3H3;1-2H3/b9-6+;;/t24?,25?,29?,31?,34-;;/m1../s1. The van der Waals surface area contributed by atoms with E-state index in [0.29, 0.717) is 31.4 Å². The predicted octanol–water partition coefficient (Wildman–Crippen LogP) is 6.57. The molecule has 290 valence electrons. The Hall–Kier alpha value is -2.96. The third kappa shape index (κ3) is 11.3. The molecule has 1 aliphatic carbocycles. The van der Waals surface area contributed by atoms with Crippen molar-refractivity contribution in [3.8, 4) is 5.75 Å². The smallest absolute Gasteiger partial charge is 0.225 e. The maximum atomic E-state index is 13.1. The van der Waals surface area contributed by atoms with E-state index in [9.17, 15) is 18.9 Å². The highest BCUT2D eigenvalue weighted by atomic mass is 35.5. The van der Waals surface area contributed by atoms with Crippen molar-refractivity contribution in [3.63, 3.8) is 0 Å². The molecule has 3 aliphatic rings. The number of anilines is 1. The molecular formula is C40H61ClN4O6S. The number of benzene rings is 2. The molecule has 10 nitrogen and oxygen atoms in total. The Kier molecular flexibility index (Phi) is 17.1. The number of carbonyl (C=O) groups excluding carboxylic acids is 2. The number of halogens is 1. The molecule has 52 heavy (non-hydrogen) atoms. The third-order valence-corrected chi connectivity index (χ3v) is 11.5. The molecule has 5 unspecified atom stereocenters. The minimum Gasteiger partial charge on any atom is -0.491 e. The fraction of sp³-hybridized carbons (Fsp3) is 0.600. The van der Waals surface area contributed by atoms with E-state index in [1.165, 1.54) is 22.5 Å². The zero-order valence-corrected chi connectivity index (χ0v) is 34.2. The number of hydrogen-bond acceptors (Lipinski definition) is 7. The lowest BCUT2D eigenvalue weighted by Gasteiger charge is -2.43. The summed E-state index contributed by atoms with van der Waals surface area (Å²) in [5.74, 6) is 1.83. The lowest BCUT2D eigenvalue weighted by molar-refractivity contribution is -0.134. The van der Waals surface area contributed by atoms with Gasteiger partial charge in [0.05, 0.1) is 30.4 Å². The van der Waals surface area contributed by atoms with Crippen LogP contribution in [0.15, 0.2) is 48.6 Å². The van der Waals surface area contributed by atoms with Crippen LogP contribution in [0, 0.1) is 11.8 Å². The van der Waals surface area contributed by atoms with Gasteiger partial charge in [-0.2, -0.15) is 0 Å². The summed E-state index contributed by atoms with van der Waals surface area (Å²) in [6.07, 6.45) is 10.0. The van der Waals surface area contributed by atoms with Crippen molar-refractivity contribution >= 4 is 40.8 Å². The fourth-order valence-electron chi connectivity index (χ4n) is 7.03. The third-order valence-electron chi connectivity index (χ3n) is 10.1. The van der Waals surface area contributed by atoms with Crippen LogP contribution in [0.2, 0.25) is 5.02 Å². The Balaban J connectivity index is 0.000000580. The topological polar surface area (TPSA) is 103 Å². The van der Waals surface area contributed by atoms with Crippen molar-refractivity contribution < 1.29 is 28.4 Å². The summed E-state index contributed by atoms with van der Waals surface area (Å²) in [5.41, 5.74) is 3.00. The summed E-state index contributed by atoms with van der Waals surface area (Å²) < 4.78 is 25.8. The molecule has 5 rings (SSSR count). The van der Waals surface area contributed by atoms with Gasteiger partial charge in [-0.15, -0.1) is 0 Å². The van der Waals surface area contributed by atoms with Gasteiger partial charge in [0.25, 0.3) is 0 Å². The van der Waals surface area contributed by atoms with Crippen molar-refractivity contribution in [1.29, 1.82) is 0 Å². The molecule has 2 bridgehead atoms. The molecule has 1 fully saturated rings. The number of aryl methyl sites for hydroxylation is 1. The van der Waals surface area contributed by atoms with Gasteiger partial charge < -0.3 is 24.4 Å². The minimum atomic E-state index is -1.32. The molecule has 2 aromatic rings. The van der Waals surface area contributed by atoms with Crippen LogP contribution >= 0.6 is 11.6 Å². The highest BCUT2D eigenvalue weighted by Crippen LogP contribution is 2.44. The van der Waals surface area contributed by atoms with E-state index < -0.39 is 16.8 Å². The van der Waals surface area contributed by atoms with Crippen molar-refractivity contribution in [3.05, 3.63) is 70.3 Å². The molecule has 2 aromatic carbocycles. The number of fused-ring (bicyclic) bond motifs is 2. The van der Waals surface area contributed by atoms with Gasteiger partial charge in [0.2, 0.25) is 12.3 Å². The van der Waals surface area contributed by atoms with Gasteiger partial charge in [-0.05, 0) is 85.4 Å². The van der Waals surface area contributed by atoms with E-state index in [-0.39, 0.29) is 24.3 Å². The van der Waals surface area contributed by atoms with Crippen molar-refractivity contribution in [2.24, 2.45) is 11.8 Å². The van der Waals surface area contributed by atoms with E-state index in [0.717, 1.165) is 71.5 Å². The SMILES string of the molecule is CC.CCCc1cc(Cl)ccc1C1COc2ccc3cc2N(C1)CC1CCC1C(OC)/C=C/CCN(C)C(=O)C[C@@]3(C)O.CN(C)S(=O)N(C)C=O. The molecular weight excluding hydrogens is 700 g/mol. The van der Waals surface area contributed by atoms with Gasteiger partial charge in [0.15, 0.2) is 11.2 Å². The maximum absolute atomic E-state index is 13.1. The Morgan fingerprint density at radius 3 is 2.46 bits per heavy atom. The van der Waals surface area contributed by atoms with Crippen molar-refractivity contribution in [1.82, 2.24) is 13.5 Å². The quantitative estimate of drug-likeness (QED) is 0.252. The predicted molar refractivity (Wildman–Crippen MR) is 212 cm³/mol. The van der Waals surface area contributed by atoms with Crippen LogP contribution in [0.1, 0.15) is 82.4 Å². The summed E-state index contributed by atoms with van der Waals surface area (Å²) in [5, 5.41) is 12.3. The average Bonchev–Trinajstić information content (AvgIpc) is 3.30. The van der Waals surface area contributed by atoms with Crippen molar-refractivity contribution in [2.75, 3.05) is 66.4 Å². The first-order chi connectivity index (χ1) is 24.8. The van der Waals surface area contributed by atoms with Gasteiger partial charge in [-0.25, -0.2) is 8.51 Å². The van der Waals surface area contributed by atoms with Crippen molar-refractivity contribution in [2.45, 2.75) is 83.8 Å². The Morgan fingerprint density at radius 2 is 1.87 bits per heavy atom. The number of nitrogens with zero attached hydrogens (tertiary/aromatic N) is 4. The van der Waals surface area contributed by atoms with Crippen LogP contribution in [-0.4, -0.2) is 103 Å². The highest BCUT2D eigenvalue weighted by molar-refractivity contribution is 7.80. The number of rotatable bonds is 7. The van der Waals surface area contributed by atoms with Crippen LogP contribution in [0.5, 0.6) is 5.75 Å². The first kappa shape index (κ1) is 43.4. The summed E-state index contributed by atoms with van der Waals surface area (Å²) in [6, 6.07) is 12.2. The molecule has 1 saturated carbocycles. The zero-order chi connectivity index (χ0) is 38.6. The number of ether oxygens (including phenoxy) is 2. The average molecular weight is 761 g/mol. The Bertz CT molecular complexity index is 1520. The summed E-state index contributed by atoms with van der Waals surface area (Å²) >= 11 is 5.10. The molecule has 2 heterocycles. The second-order valence-electron chi connectivity index (χ2n) is 14.1. The first-order valence-electron chi connectivity index (χ1n) is 18.5. The lowest BCUT2D eigenvalue weighted by Crippen LogP contribution is -2.44. The molecule has 1 N–H and O–H groups in total. The molecule has 2 aliphatic heterocycles. The normalized spacial score (nSPS) is 25.8. The molecule has 0 saturated heterocycles. The molecule has 0 radical (unpaired) electrons. The summed E-state index contributed by atoms with van der Waals surface area (Å²) in [4.78, 5) is 27.2. The van der Waals surface area contributed by atoms with Crippen LogP contribution in [0.25, 0.3) is 0 Å². The van der Waals surface area contributed by atoms with Crippen LogP contribution < -0.4 is 9.64 Å². The maximum Gasteiger partial charge on any atom is 0.225 e. The van der Waals surface area contributed by atoms with E-state index in [2.05, 4.69) is 36.1 Å². The van der Waals surface area contributed by atoms with E-state index in [1.807, 2.05) is 38.1 Å². The first-order valence-corrected chi connectivity index (χ1v) is 20.0. The summed E-state index contributed by atoms with van der Waals surface area (Å²) in [7, 11) is 8.34. The molecule has 12 heteroatoms. The van der Waals surface area contributed by atoms with Gasteiger partial charge in [0.1, 0.15) is 5.75 Å².